The molecule has 23 heavy (non-hydrogen) atoms. The van der Waals surface area contributed by atoms with Crippen molar-refractivity contribution in [3.63, 3.8) is 0 Å². The van der Waals surface area contributed by atoms with Crippen molar-refractivity contribution in [2.75, 3.05) is 4.90 Å². The number of para-hydroxylation sites is 1. The van der Waals surface area contributed by atoms with Gasteiger partial charge in [0.25, 0.3) is 5.91 Å². The zero-order valence-electron chi connectivity index (χ0n) is 13.3. The van der Waals surface area contributed by atoms with E-state index >= 15 is 0 Å². The largest absolute Gasteiger partial charge is 0.328 e. The van der Waals surface area contributed by atoms with Crippen molar-refractivity contribution in [2.45, 2.75) is 51.1 Å². The molecule has 2 aliphatic rings. The van der Waals surface area contributed by atoms with Gasteiger partial charge in [-0.2, -0.15) is 5.26 Å². The van der Waals surface area contributed by atoms with Gasteiger partial charge in [-0.25, -0.2) is 0 Å². The Morgan fingerprint density at radius 3 is 2.65 bits per heavy atom. The molecule has 1 spiro atoms. The number of carbonyl (C=O) groups is 1. The molecule has 1 amide bonds. The standard InChI is InChI=1S/C18H21N3OS/c1-2-13-8-4-5-9-15(13)21-17(23)14(12-19)16(22)20-18(21)10-6-3-7-11-18/h4-5,8-9,23H,2-3,6-7,10-11H2,1H3,(H,20,22). The third-order valence-corrected chi connectivity index (χ3v) is 5.27. The molecule has 120 valence electrons. The number of nitrogens with one attached hydrogen (secondary N) is 1. The van der Waals surface area contributed by atoms with E-state index < -0.39 is 5.66 Å². The first-order valence-corrected chi connectivity index (χ1v) is 8.61. The van der Waals surface area contributed by atoms with Crippen LogP contribution in [0.15, 0.2) is 34.9 Å². The van der Waals surface area contributed by atoms with Crippen LogP contribution in [-0.4, -0.2) is 11.6 Å². The van der Waals surface area contributed by atoms with Crippen molar-refractivity contribution in [2.24, 2.45) is 0 Å². The van der Waals surface area contributed by atoms with Gasteiger partial charge in [0, 0.05) is 5.69 Å². The highest BCUT2D eigenvalue weighted by Crippen LogP contribution is 2.43. The Hall–Kier alpha value is -1.93. The topological polar surface area (TPSA) is 56.1 Å². The van der Waals surface area contributed by atoms with E-state index in [9.17, 15) is 10.1 Å². The van der Waals surface area contributed by atoms with Crippen LogP contribution in [0.25, 0.3) is 0 Å². The molecule has 1 aromatic carbocycles. The van der Waals surface area contributed by atoms with Gasteiger partial charge in [0.2, 0.25) is 0 Å². The summed E-state index contributed by atoms with van der Waals surface area (Å²) in [5.41, 5.74) is 1.86. The molecule has 1 aromatic rings. The summed E-state index contributed by atoms with van der Waals surface area (Å²) in [6.45, 7) is 2.11. The molecule has 4 nitrogen and oxygen atoms in total. The predicted molar refractivity (Wildman–Crippen MR) is 93.9 cm³/mol. The molecule has 0 saturated heterocycles. The summed E-state index contributed by atoms with van der Waals surface area (Å²) >= 11 is 4.59. The van der Waals surface area contributed by atoms with Crippen molar-refractivity contribution in [1.29, 1.82) is 5.26 Å². The lowest BCUT2D eigenvalue weighted by Gasteiger charge is -2.50. The monoisotopic (exact) mass is 327 g/mol. The second-order valence-electron chi connectivity index (χ2n) is 6.17. The van der Waals surface area contributed by atoms with E-state index in [1.807, 2.05) is 18.2 Å². The number of nitrogens with zero attached hydrogens (tertiary/aromatic N) is 2. The average Bonchev–Trinajstić information content (AvgIpc) is 2.56. The first-order chi connectivity index (χ1) is 11.1. The van der Waals surface area contributed by atoms with Crippen molar-refractivity contribution in [3.05, 3.63) is 40.4 Å². The van der Waals surface area contributed by atoms with Crippen LogP contribution >= 0.6 is 12.6 Å². The van der Waals surface area contributed by atoms with Crippen molar-refractivity contribution in [3.8, 4) is 6.07 Å². The third-order valence-electron chi connectivity index (χ3n) is 4.84. The number of thiol groups is 1. The van der Waals surface area contributed by atoms with E-state index in [4.69, 9.17) is 0 Å². The number of amides is 1. The predicted octanol–water partition coefficient (Wildman–Crippen LogP) is 3.51. The maximum absolute atomic E-state index is 12.4. The summed E-state index contributed by atoms with van der Waals surface area (Å²) in [5.74, 6) is -0.301. The average molecular weight is 327 g/mol. The van der Waals surface area contributed by atoms with Gasteiger partial charge in [-0.05, 0) is 43.7 Å². The minimum absolute atomic E-state index is 0.0930. The van der Waals surface area contributed by atoms with Crippen LogP contribution in [0, 0.1) is 11.3 Å². The fraction of sp³-hybridized carbons (Fsp3) is 0.444. The maximum Gasteiger partial charge on any atom is 0.266 e. The molecule has 1 N–H and O–H groups in total. The number of anilines is 1. The van der Waals surface area contributed by atoms with Gasteiger partial charge in [-0.15, -0.1) is 12.6 Å². The van der Waals surface area contributed by atoms with Gasteiger partial charge in [-0.3, -0.25) is 4.79 Å². The highest BCUT2D eigenvalue weighted by atomic mass is 32.1. The zero-order valence-corrected chi connectivity index (χ0v) is 14.2. The van der Waals surface area contributed by atoms with Gasteiger partial charge < -0.3 is 10.2 Å². The summed E-state index contributed by atoms with van der Waals surface area (Å²) in [4.78, 5) is 14.5. The van der Waals surface area contributed by atoms with Crippen molar-refractivity contribution >= 4 is 24.2 Å². The van der Waals surface area contributed by atoms with Gasteiger partial charge >= 0.3 is 0 Å². The Balaban J connectivity index is 2.20. The molecule has 1 aliphatic heterocycles. The lowest BCUT2D eigenvalue weighted by molar-refractivity contribution is -0.120. The number of rotatable bonds is 2. The Morgan fingerprint density at radius 1 is 1.30 bits per heavy atom. The summed E-state index contributed by atoms with van der Waals surface area (Å²) in [6.07, 6.45) is 5.94. The van der Waals surface area contributed by atoms with Crippen LogP contribution < -0.4 is 10.2 Å². The quantitative estimate of drug-likeness (QED) is 0.817. The van der Waals surface area contributed by atoms with Crippen LogP contribution in [0.4, 0.5) is 5.69 Å². The van der Waals surface area contributed by atoms with E-state index in [2.05, 4.69) is 41.9 Å². The summed E-state index contributed by atoms with van der Waals surface area (Å²) in [7, 11) is 0. The minimum atomic E-state index is -0.460. The maximum atomic E-state index is 12.4. The molecule has 3 rings (SSSR count). The lowest BCUT2D eigenvalue weighted by Crippen LogP contribution is -2.64. The summed E-state index contributed by atoms with van der Waals surface area (Å²) < 4.78 is 0. The molecule has 1 saturated carbocycles. The first kappa shape index (κ1) is 15.9. The number of benzene rings is 1. The Labute approximate surface area is 142 Å². The molecule has 0 aromatic heterocycles. The first-order valence-electron chi connectivity index (χ1n) is 8.17. The van der Waals surface area contributed by atoms with Crippen LogP contribution in [0.5, 0.6) is 0 Å². The van der Waals surface area contributed by atoms with Crippen LogP contribution in [0.2, 0.25) is 0 Å². The van der Waals surface area contributed by atoms with E-state index in [0.717, 1.165) is 37.8 Å². The zero-order chi connectivity index (χ0) is 16.4. The van der Waals surface area contributed by atoms with Gasteiger partial charge in [0.15, 0.2) is 0 Å². The Morgan fingerprint density at radius 2 is 2.00 bits per heavy atom. The molecule has 0 bridgehead atoms. The van der Waals surface area contributed by atoms with Crippen LogP contribution in [0.3, 0.4) is 0 Å². The normalized spacial score (nSPS) is 20.4. The molecule has 0 unspecified atom stereocenters. The molecular formula is C18H21N3OS. The highest BCUT2D eigenvalue weighted by molar-refractivity contribution is 7.84. The van der Waals surface area contributed by atoms with Gasteiger partial charge in [0.1, 0.15) is 17.3 Å². The Kier molecular flexibility index (Phi) is 4.36. The summed E-state index contributed by atoms with van der Waals surface area (Å²) in [6, 6.07) is 10.2. The van der Waals surface area contributed by atoms with E-state index in [-0.39, 0.29) is 11.5 Å². The van der Waals surface area contributed by atoms with Crippen molar-refractivity contribution in [1.82, 2.24) is 5.32 Å². The van der Waals surface area contributed by atoms with E-state index in [1.54, 1.807) is 0 Å². The van der Waals surface area contributed by atoms with Crippen LogP contribution in [-0.2, 0) is 11.2 Å². The van der Waals surface area contributed by atoms with E-state index in [0.29, 0.717) is 5.03 Å². The van der Waals surface area contributed by atoms with Gasteiger partial charge in [-0.1, -0.05) is 31.5 Å². The number of hydrogen-bond acceptors (Lipinski definition) is 4. The lowest BCUT2D eigenvalue weighted by atomic mass is 9.85. The number of carbonyl (C=O) groups excluding carboxylic acids is 1. The van der Waals surface area contributed by atoms with E-state index in [1.165, 1.54) is 12.0 Å². The number of hydrogen-bond donors (Lipinski definition) is 2. The SMILES string of the molecule is CCc1ccccc1N1C(S)=C(C#N)C(=O)NC12CCCCC2. The van der Waals surface area contributed by atoms with Gasteiger partial charge in [0.05, 0.1) is 5.03 Å². The molecule has 1 aliphatic carbocycles. The molecular weight excluding hydrogens is 306 g/mol. The molecule has 5 heteroatoms. The number of aryl methyl sites for hydroxylation is 1. The molecule has 0 radical (unpaired) electrons. The second kappa shape index (κ2) is 6.29. The molecule has 1 fully saturated rings. The number of nitriles is 1. The second-order valence-corrected chi connectivity index (χ2v) is 6.60. The fourth-order valence-corrected chi connectivity index (χ4v) is 4.16. The Bertz CT molecular complexity index is 698. The smallest absolute Gasteiger partial charge is 0.266 e. The minimum Gasteiger partial charge on any atom is -0.328 e. The highest BCUT2D eigenvalue weighted by Gasteiger charge is 2.46. The molecule has 0 atom stereocenters. The molecule has 1 heterocycles. The summed E-state index contributed by atoms with van der Waals surface area (Å²) in [5, 5.41) is 13.0. The van der Waals surface area contributed by atoms with Crippen LogP contribution in [0.1, 0.15) is 44.6 Å². The van der Waals surface area contributed by atoms with Crippen molar-refractivity contribution < 1.29 is 4.79 Å². The fourth-order valence-electron chi connectivity index (χ4n) is 3.70. The third kappa shape index (κ3) is 2.61.